The smallest absolute Gasteiger partial charge is 0.410 e. The van der Waals surface area contributed by atoms with Crippen LogP contribution in [-0.4, -0.2) is 96.9 Å². The van der Waals surface area contributed by atoms with Crippen molar-refractivity contribution in [3.63, 3.8) is 0 Å². The van der Waals surface area contributed by atoms with Crippen LogP contribution in [0.15, 0.2) is 48.9 Å². The highest BCUT2D eigenvalue weighted by molar-refractivity contribution is 6.76. The summed E-state index contributed by atoms with van der Waals surface area (Å²) in [4.78, 5) is 22.9. The molecule has 1 atom stereocenters. The molecule has 3 aromatic heterocycles. The first-order valence-electron chi connectivity index (χ1n) is 18.3. The lowest BCUT2D eigenvalue weighted by Crippen LogP contribution is -2.42. The van der Waals surface area contributed by atoms with E-state index < -0.39 is 21.7 Å². The van der Waals surface area contributed by atoms with Crippen molar-refractivity contribution in [1.82, 2.24) is 29.3 Å². The molecule has 0 saturated carbocycles. The number of piperidine rings is 1. The van der Waals surface area contributed by atoms with Crippen molar-refractivity contribution >= 4 is 33.7 Å². The Balaban J connectivity index is 1.68. The lowest BCUT2D eigenvalue weighted by Gasteiger charge is -2.35. The third-order valence-electron chi connectivity index (χ3n) is 8.98. The molecule has 278 valence electrons. The molecule has 1 amide bonds. The van der Waals surface area contributed by atoms with Crippen LogP contribution in [0.1, 0.15) is 45.2 Å². The number of aryl methyl sites for hydroxylation is 1. The number of benzene rings is 1. The van der Waals surface area contributed by atoms with Crippen LogP contribution < -0.4 is 4.90 Å². The highest BCUT2D eigenvalue weighted by atomic mass is 28.3. The van der Waals surface area contributed by atoms with Crippen molar-refractivity contribution in [1.29, 1.82) is 0 Å². The predicted octanol–water partition coefficient (Wildman–Crippen LogP) is 8.34. The Morgan fingerprint density at radius 1 is 0.922 bits per heavy atom. The van der Waals surface area contributed by atoms with Crippen LogP contribution in [0.5, 0.6) is 0 Å². The summed E-state index contributed by atoms with van der Waals surface area (Å²) in [6, 6.07) is 12.5. The minimum atomic E-state index is -1.31. The molecule has 5 rings (SSSR count). The maximum atomic E-state index is 13.4. The Bertz CT molecular complexity index is 1730. The maximum absolute atomic E-state index is 13.4. The van der Waals surface area contributed by atoms with Crippen LogP contribution in [0.4, 0.5) is 10.6 Å². The molecule has 1 unspecified atom stereocenters. The van der Waals surface area contributed by atoms with Crippen molar-refractivity contribution in [3.05, 3.63) is 54.6 Å². The molecule has 1 aliphatic rings. The zero-order valence-electron chi connectivity index (χ0n) is 32.5. The number of carbonyl (C=O) groups excluding carboxylic acids is 1. The summed E-state index contributed by atoms with van der Waals surface area (Å²) in [7, 11) is -0.707. The molecule has 0 bridgehead atoms. The van der Waals surface area contributed by atoms with Crippen LogP contribution in [0.2, 0.25) is 51.4 Å². The van der Waals surface area contributed by atoms with E-state index in [4.69, 9.17) is 24.3 Å². The van der Waals surface area contributed by atoms with Gasteiger partial charge in [0.1, 0.15) is 24.9 Å². The van der Waals surface area contributed by atoms with Gasteiger partial charge in [0.15, 0.2) is 5.65 Å². The molecule has 4 aromatic rings. The Labute approximate surface area is 306 Å². The average molecular weight is 734 g/mol. The molecule has 1 aliphatic heterocycles. The number of aromatic nitrogens is 5. The summed E-state index contributed by atoms with van der Waals surface area (Å²) in [6.07, 6.45) is 7.17. The van der Waals surface area contributed by atoms with E-state index in [-0.39, 0.29) is 12.0 Å². The second kappa shape index (κ2) is 16.0. The molecule has 0 N–H and O–H groups in total. The number of amides is 1. The summed E-state index contributed by atoms with van der Waals surface area (Å²) in [5, 5.41) is 9.47. The number of likely N-dealkylation sites (tertiary alicyclic amines) is 1. The van der Waals surface area contributed by atoms with Gasteiger partial charge in [0.05, 0.1) is 18.1 Å². The fourth-order valence-electron chi connectivity index (χ4n) is 6.19. The van der Waals surface area contributed by atoms with Crippen LogP contribution in [0.3, 0.4) is 0 Å². The Kier molecular flexibility index (Phi) is 12.1. The van der Waals surface area contributed by atoms with Crippen molar-refractivity contribution in [2.24, 2.45) is 7.05 Å². The van der Waals surface area contributed by atoms with Gasteiger partial charge in [0, 0.05) is 78.3 Å². The van der Waals surface area contributed by atoms with E-state index >= 15 is 0 Å². The van der Waals surface area contributed by atoms with E-state index in [1.54, 1.807) is 4.68 Å². The summed E-state index contributed by atoms with van der Waals surface area (Å²) < 4.78 is 22.6. The number of ether oxygens (including phenoxy) is 3. The minimum Gasteiger partial charge on any atom is -0.444 e. The topological polar surface area (TPSA) is 99.3 Å². The van der Waals surface area contributed by atoms with Gasteiger partial charge in [-0.05, 0) is 51.3 Å². The predicted molar refractivity (Wildman–Crippen MR) is 211 cm³/mol. The average Bonchev–Trinajstić information content (AvgIpc) is 3.67. The van der Waals surface area contributed by atoms with Gasteiger partial charge < -0.3 is 24.0 Å². The molecule has 11 nitrogen and oxygen atoms in total. The maximum Gasteiger partial charge on any atom is 0.410 e. The van der Waals surface area contributed by atoms with E-state index in [1.807, 2.05) is 61.9 Å². The molecule has 0 aliphatic carbocycles. The van der Waals surface area contributed by atoms with E-state index in [1.165, 1.54) is 0 Å². The van der Waals surface area contributed by atoms with Crippen molar-refractivity contribution in [2.75, 3.05) is 44.7 Å². The number of nitrogens with zero attached hydrogens (tertiary/aromatic N) is 7. The van der Waals surface area contributed by atoms with Gasteiger partial charge >= 0.3 is 6.09 Å². The number of hydrogen-bond donors (Lipinski definition) is 0. The fraction of sp³-hybridized carbons (Fsp3) is 0.579. The van der Waals surface area contributed by atoms with Gasteiger partial charge in [0.25, 0.3) is 0 Å². The van der Waals surface area contributed by atoms with E-state index in [0.29, 0.717) is 39.8 Å². The molecule has 0 radical (unpaired) electrons. The van der Waals surface area contributed by atoms with Crippen molar-refractivity contribution < 1.29 is 19.0 Å². The van der Waals surface area contributed by atoms with Crippen LogP contribution in [0.25, 0.3) is 27.9 Å². The molecule has 1 aromatic carbocycles. The SMILES string of the molecule is Cn1cc(-c2cnn3c(N(COCC[Si](C)(C)C)COCC[Si](C)(C)C)c(-c4ccccc4)c(C4CCCN(C(=O)OC(C)(C)C)C4)nc23)cn1. The number of fused-ring (bicyclic) bond motifs is 1. The van der Waals surface area contributed by atoms with Gasteiger partial charge in [0.2, 0.25) is 0 Å². The van der Waals surface area contributed by atoms with Crippen LogP contribution in [-0.2, 0) is 21.3 Å². The number of carbonyl (C=O) groups is 1. The zero-order valence-corrected chi connectivity index (χ0v) is 34.5. The third kappa shape index (κ3) is 10.5. The Hall–Kier alpha value is -3.53. The Morgan fingerprint density at radius 3 is 2.14 bits per heavy atom. The summed E-state index contributed by atoms with van der Waals surface area (Å²) in [5.41, 5.74) is 4.91. The zero-order chi connectivity index (χ0) is 37.0. The minimum absolute atomic E-state index is 0.0376. The van der Waals surface area contributed by atoms with Gasteiger partial charge in [-0.1, -0.05) is 69.6 Å². The fourth-order valence-corrected chi connectivity index (χ4v) is 7.70. The van der Waals surface area contributed by atoms with E-state index in [9.17, 15) is 4.79 Å². The number of anilines is 1. The second-order valence-corrected chi connectivity index (χ2v) is 28.5. The number of rotatable bonds is 14. The van der Waals surface area contributed by atoms with Crippen molar-refractivity contribution in [3.8, 4) is 22.3 Å². The van der Waals surface area contributed by atoms with Gasteiger partial charge in [-0.3, -0.25) is 4.68 Å². The van der Waals surface area contributed by atoms with Crippen LogP contribution in [0, 0.1) is 0 Å². The molecule has 0 spiro atoms. The quantitative estimate of drug-likeness (QED) is 0.0725. The van der Waals surface area contributed by atoms with Gasteiger partial charge in [-0.25, -0.2) is 9.78 Å². The van der Waals surface area contributed by atoms with E-state index in [0.717, 1.165) is 64.3 Å². The lowest BCUT2D eigenvalue weighted by molar-refractivity contribution is 0.0197. The van der Waals surface area contributed by atoms with E-state index in [2.05, 4.69) is 73.5 Å². The van der Waals surface area contributed by atoms with Gasteiger partial charge in [-0.2, -0.15) is 14.7 Å². The molecule has 51 heavy (non-hydrogen) atoms. The largest absolute Gasteiger partial charge is 0.444 e. The lowest BCUT2D eigenvalue weighted by atomic mass is 9.89. The summed E-state index contributed by atoms with van der Waals surface area (Å²) >= 11 is 0. The highest BCUT2D eigenvalue weighted by Gasteiger charge is 2.34. The van der Waals surface area contributed by atoms with Crippen LogP contribution >= 0.6 is 0 Å². The third-order valence-corrected chi connectivity index (χ3v) is 12.4. The molecule has 1 fully saturated rings. The summed E-state index contributed by atoms with van der Waals surface area (Å²) in [6.45, 7) is 23.1. The molecular formula is C38H59N7O4Si2. The second-order valence-electron chi connectivity index (χ2n) is 17.3. The highest BCUT2D eigenvalue weighted by Crippen LogP contribution is 2.42. The van der Waals surface area contributed by atoms with Crippen molar-refractivity contribution in [2.45, 2.75) is 96.5 Å². The normalized spacial score (nSPS) is 15.8. The van der Waals surface area contributed by atoms with Gasteiger partial charge in [-0.15, -0.1) is 0 Å². The first kappa shape index (κ1) is 38.7. The standard InChI is InChI=1S/C38H59N7O4Si2/c1-38(2,3)49-37(46)43-18-14-17-30(26-43)34-33(29-15-12-11-13-16-29)36(45-35(41-34)32(24-40-45)31-23-39-42(4)25-31)44(27-47-19-21-50(5,6)7)28-48-20-22-51(8,9)10/h11-13,15-16,23-25,30H,14,17-22,26-28H2,1-10H3. The Morgan fingerprint density at radius 2 is 1.57 bits per heavy atom. The molecular weight excluding hydrogens is 675 g/mol. The molecule has 4 heterocycles. The first-order valence-corrected chi connectivity index (χ1v) is 25.7. The number of hydrogen-bond acceptors (Lipinski definition) is 8. The molecule has 13 heteroatoms. The first-order chi connectivity index (χ1) is 24.0. The summed E-state index contributed by atoms with van der Waals surface area (Å²) in [5.74, 6) is 0.830. The monoisotopic (exact) mass is 733 g/mol. The molecule has 1 saturated heterocycles.